The third-order valence-electron chi connectivity index (χ3n) is 3.29. The van der Waals surface area contributed by atoms with E-state index in [0.29, 0.717) is 13.2 Å². The van der Waals surface area contributed by atoms with Gasteiger partial charge in [-0.3, -0.25) is 4.79 Å². The summed E-state index contributed by atoms with van der Waals surface area (Å²) in [6.45, 7) is 2.96. The number of hydrogen-bond donors (Lipinski definition) is 1. The van der Waals surface area contributed by atoms with Crippen LogP contribution in [0, 0.1) is 0 Å². The van der Waals surface area contributed by atoms with Crippen molar-refractivity contribution >= 4 is 5.91 Å². The maximum Gasteiger partial charge on any atom is 0.246 e. The number of rotatable bonds is 8. The predicted octanol–water partition coefficient (Wildman–Crippen LogP) is 0.975. The third-order valence-corrected chi connectivity index (χ3v) is 3.29. The molecule has 2 rings (SSSR count). The Kier molecular flexibility index (Phi) is 6.53. The van der Waals surface area contributed by atoms with Crippen LogP contribution in [0.15, 0.2) is 18.7 Å². The molecule has 20 heavy (non-hydrogen) atoms. The van der Waals surface area contributed by atoms with E-state index in [9.17, 15) is 4.79 Å². The van der Waals surface area contributed by atoms with Crippen molar-refractivity contribution < 1.29 is 14.3 Å². The van der Waals surface area contributed by atoms with Gasteiger partial charge in [0.1, 0.15) is 6.61 Å². The van der Waals surface area contributed by atoms with Gasteiger partial charge >= 0.3 is 0 Å². The molecular formula is C14H23N3O3. The van der Waals surface area contributed by atoms with Gasteiger partial charge in [0.15, 0.2) is 0 Å². The summed E-state index contributed by atoms with van der Waals surface area (Å²) in [5, 5.41) is 2.84. The van der Waals surface area contributed by atoms with E-state index in [2.05, 4.69) is 10.3 Å². The molecule has 112 valence electrons. The van der Waals surface area contributed by atoms with E-state index in [4.69, 9.17) is 9.47 Å². The number of aromatic nitrogens is 2. The molecule has 1 aromatic rings. The van der Waals surface area contributed by atoms with Crippen molar-refractivity contribution in [2.24, 2.45) is 0 Å². The minimum atomic E-state index is -0.0635. The number of imidazole rings is 1. The van der Waals surface area contributed by atoms with Crippen LogP contribution in [0.3, 0.4) is 0 Å². The van der Waals surface area contributed by atoms with E-state index in [1.54, 1.807) is 12.5 Å². The second-order valence-electron chi connectivity index (χ2n) is 5.01. The monoisotopic (exact) mass is 281 g/mol. The minimum absolute atomic E-state index is 0.0635. The van der Waals surface area contributed by atoms with Gasteiger partial charge in [0, 0.05) is 32.1 Å². The summed E-state index contributed by atoms with van der Waals surface area (Å²) in [4.78, 5) is 15.5. The molecule has 6 nitrogen and oxygen atoms in total. The number of amides is 1. The van der Waals surface area contributed by atoms with Gasteiger partial charge in [0.2, 0.25) is 5.91 Å². The summed E-state index contributed by atoms with van der Waals surface area (Å²) in [6, 6.07) is 0. The zero-order valence-corrected chi connectivity index (χ0v) is 11.8. The molecule has 1 aliphatic heterocycles. The van der Waals surface area contributed by atoms with Crippen LogP contribution in [0.2, 0.25) is 0 Å². The Bertz CT molecular complexity index is 375. The van der Waals surface area contributed by atoms with Crippen LogP contribution in [0.5, 0.6) is 0 Å². The molecule has 0 spiro atoms. The maximum atomic E-state index is 11.5. The molecule has 1 N–H and O–H groups in total. The first-order valence-corrected chi connectivity index (χ1v) is 7.26. The number of hydrogen-bond acceptors (Lipinski definition) is 4. The molecule has 2 heterocycles. The van der Waals surface area contributed by atoms with E-state index in [1.807, 2.05) is 10.8 Å². The van der Waals surface area contributed by atoms with Gasteiger partial charge in [-0.1, -0.05) is 0 Å². The highest BCUT2D eigenvalue weighted by atomic mass is 16.5. The standard InChI is InChI=1S/C14H23N3O3/c18-14(11-19-10-13-4-1-2-9-20-13)16-5-3-7-17-8-6-15-12-17/h6,8,12-13H,1-5,7,9-11H2,(H,16,18)/t13-/m0/s1. The van der Waals surface area contributed by atoms with Gasteiger partial charge in [-0.05, 0) is 25.7 Å². The zero-order chi connectivity index (χ0) is 14.0. The molecule has 1 amide bonds. The van der Waals surface area contributed by atoms with E-state index in [1.165, 1.54) is 6.42 Å². The number of carbonyl (C=O) groups is 1. The lowest BCUT2D eigenvalue weighted by atomic mass is 10.1. The number of ether oxygens (including phenoxy) is 2. The van der Waals surface area contributed by atoms with E-state index in [0.717, 1.165) is 32.4 Å². The molecule has 1 saturated heterocycles. The fourth-order valence-corrected chi connectivity index (χ4v) is 2.18. The lowest BCUT2D eigenvalue weighted by Gasteiger charge is -2.22. The highest BCUT2D eigenvalue weighted by Gasteiger charge is 2.14. The van der Waals surface area contributed by atoms with Crippen LogP contribution in [0.25, 0.3) is 0 Å². The molecular weight excluding hydrogens is 258 g/mol. The van der Waals surface area contributed by atoms with Crippen molar-refractivity contribution in [3.63, 3.8) is 0 Å². The summed E-state index contributed by atoms with van der Waals surface area (Å²) in [7, 11) is 0. The predicted molar refractivity (Wildman–Crippen MR) is 74.3 cm³/mol. The Balaban J connectivity index is 1.45. The van der Waals surface area contributed by atoms with Crippen LogP contribution >= 0.6 is 0 Å². The number of carbonyl (C=O) groups excluding carboxylic acids is 1. The lowest BCUT2D eigenvalue weighted by Crippen LogP contribution is -2.31. The molecule has 1 aromatic heterocycles. The maximum absolute atomic E-state index is 11.5. The van der Waals surface area contributed by atoms with Crippen LogP contribution in [-0.4, -0.2) is 47.9 Å². The van der Waals surface area contributed by atoms with Gasteiger partial charge in [0.25, 0.3) is 0 Å². The van der Waals surface area contributed by atoms with Crippen molar-refractivity contribution in [1.82, 2.24) is 14.9 Å². The average Bonchev–Trinajstić information content (AvgIpc) is 2.98. The first-order valence-electron chi connectivity index (χ1n) is 7.26. The van der Waals surface area contributed by atoms with Crippen LogP contribution in [0.1, 0.15) is 25.7 Å². The summed E-state index contributed by atoms with van der Waals surface area (Å²) < 4.78 is 12.9. The highest BCUT2D eigenvalue weighted by Crippen LogP contribution is 2.12. The molecule has 0 bridgehead atoms. The number of nitrogens with one attached hydrogen (secondary N) is 1. The molecule has 6 heteroatoms. The Hall–Kier alpha value is -1.40. The first-order chi connectivity index (χ1) is 9.84. The van der Waals surface area contributed by atoms with Gasteiger partial charge in [-0.25, -0.2) is 4.98 Å². The first kappa shape index (κ1) is 15.0. The fraction of sp³-hybridized carbons (Fsp3) is 0.714. The molecule has 0 unspecified atom stereocenters. The SMILES string of the molecule is O=C(COC[C@@H]1CCCCO1)NCCCn1ccnc1. The highest BCUT2D eigenvalue weighted by molar-refractivity contribution is 5.77. The van der Waals surface area contributed by atoms with Crippen molar-refractivity contribution in [1.29, 1.82) is 0 Å². The largest absolute Gasteiger partial charge is 0.376 e. The molecule has 0 radical (unpaired) electrons. The second kappa shape index (κ2) is 8.71. The van der Waals surface area contributed by atoms with Crippen LogP contribution in [-0.2, 0) is 20.8 Å². The summed E-state index contributed by atoms with van der Waals surface area (Å²) in [6.07, 6.45) is 9.84. The lowest BCUT2D eigenvalue weighted by molar-refractivity contribution is -0.127. The Morgan fingerprint density at radius 2 is 2.45 bits per heavy atom. The molecule has 1 fully saturated rings. The Morgan fingerprint density at radius 1 is 1.50 bits per heavy atom. The molecule has 1 aliphatic rings. The van der Waals surface area contributed by atoms with E-state index < -0.39 is 0 Å². The Labute approximate surface area is 119 Å². The minimum Gasteiger partial charge on any atom is -0.376 e. The average molecular weight is 281 g/mol. The van der Waals surface area contributed by atoms with E-state index >= 15 is 0 Å². The molecule has 0 aromatic carbocycles. The van der Waals surface area contributed by atoms with E-state index in [-0.39, 0.29) is 18.6 Å². The van der Waals surface area contributed by atoms with Gasteiger partial charge in [0.05, 0.1) is 19.0 Å². The van der Waals surface area contributed by atoms with Crippen molar-refractivity contribution in [2.75, 3.05) is 26.4 Å². The van der Waals surface area contributed by atoms with Crippen molar-refractivity contribution in [3.05, 3.63) is 18.7 Å². The van der Waals surface area contributed by atoms with Crippen molar-refractivity contribution in [2.45, 2.75) is 38.3 Å². The smallest absolute Gasteiger partial charge is 0.246 e. The van der Waals surface area contributed by atoms with Gasteiger partial charge in [-0.2, -0.15) is 0 Å². The van der Waals surface area contributed by atoms with Gasteiger partial charge < -0.3 is 19.4 Å². The Morgan fingerprint density at radius 3 is 3.20 bits per heavy atom. The fourth-order valence-electron chi connectivity index (χ4n) is 2.18. The topological polar surface area (TPSA) is 65.4 Å². The summed E-state index contributed by atoms with van der Waals surface area (Å²) >= 11 is 0. The molecule has 1 atom stereocenters. The molecule has 0 saturated carbocycles. The van der Waals surface area contributed by atoms with Crippen LogP contribution in [0.4, 0.5) is 0 Å². The summed E-state index contributed by atoms with van der Waals surface area (Å²) in [5.41, 5.74) is 0. The van der Waals surface area contributed by atoms with Crippen LogP contribution < -0.4 is 5.32 Å². The second-order valence-corrected chi connectivity index (χ2v) is 5.01. The molecule has 0 aliphatic carbocycles. The van der Waals surface area contributed by atoms with Crippen molar-refractivity contribution in [3.8, 4) is 0 Å². The third kappa shape index (κ3) is 5.71. The summed E-state index contributed by atoms with van der Waals surface area (Å²) in [5.74, 6) is -0.0635. The van der Waals surface area contributed by atoms with Gasteiger partial charge in [-0.15, -0.1) is 0 Å². The number of aryl methyl sites for hydroxylation is 1. The number of nitrogens with zero attached hydrogens (tertiary/aromatic N) is 2. The zero-order valence-electron chi connectivity index (χ0n) is 11.8. The quantitative estimate of drug-likeness (QED) is 0.721. The normalized spacial score (nSPS) is 18.9.